The third-order valence-corrected chi connectivity index (χ3v) is 7.18. The molecule has 0 saturated carbocycles. The fourth-order valence-corrected chi connectivity index (χ4v) is 5.06. The number of benzene rings is 3. The summed E-state index contributed by atoms with van der Waals surface area (Å²) >= 11 is 0. The summed E-state index contributed by atoms with van der Waals surface area (Å²) in [6, 6.07) is 20.5. The van der Waals surface area contributed by atoms with Crippen molar-refractivity contribution >= 4 is 44.3 Å². The van der Waals surface area contributed by atoms with Gasteiger partial charge in [0.2, 0.25) is 5.91 Å². The van der Waals surface area contributed by atoms with Crippen LogP contribution in [0, 0.1) is 5.92 Å². The number of carboxylic acid groups (broad SMARTS) is 1. The van der Waals surface area contributed by atoms with Crippen molar-refractivity contribution in [2.75, 3.05) is 16.2 Å². The van der Waals surface area contributed by atoms with Crippen molar-refractivity contribution < 1.29 is 23.1 Å². The van der Waals surface area contributed by atoms with Crippen molar-refractivity contribution in [3.8, 4) is 5.69 Å². The van der Waals surface area contributed by atoms with Crippen LogP contribution < -0.4 is 9.62 Å². The molecular weight excluding hydrogens is 456 g/mol. The Balaban J connectivity index is 1.32. The highest BCUT2D eigenvalue weighted by molar-refractivity contribution is 7.92. The zero-order chi connectivity index (χ0) is 23.9. The number of sulfonamides is 1. The Morgan fingerprint density at radius 1 is 0.971 bits per heavy atom. The number of amides is 1. The van der Waals surface area contributed by atoms with Gasteiger partial charge in [0.1, 0.15) is 6.33 Å². The molecule has 1 aliphatic heterocycles. The number of imidazole rings is 1. The first-order valence-corrected chi connectivity index (χ1v) is 12.0. The Morgan fingerprint density at radius 2 is 1.65 bits per heavy atom. The number of nitrogens with zero attached hydrogens (tertiary/aromatic N) is 3. The summed E-state index contributed by atoms with van der Waals surface area (Å²) in [5.41, 5.74) is 3.52. The third-order valence-electron chi connectivity index (χ3n) is 5.78. The van der Waals surface area contributed by atoms with Crippen LogP contribution in [0.25, 0.3) is 16.7 Å². The smallest absolute Gasteiger partial charge is 0.308 e. The zero-order valence-corrected chi connectivity index (χ0v) is 18.6. The monoisotopic (exact) mass is 476 g/mol. The van der Waals surface area contributed by atoms with E-state index in [1.165, 1.54) is 29.2 Å². The van der Waals surface area contributed by atoms with Crippen LogP contribution >= 0.6 is 0 Å². The molecule has 0 radical (unpaired) electrons. The van der Waals surface area contributed by atoms with Gasteiger partial charge in [-0.15, -0.1) is 0 Å². The topological polar surface area (TPSA) is 122 Å². The summed E-state index contributed by atoms with van der Waals surface area (Å²) < 4.78 is 30.2. The largest absolute Gasteiger partial charge is 0.481 e. The summed E-state index contributed by atoms with van der Waals surface area (Å²) in [7, 11) is -3.86. The van der Waals surface area contributed by atoms with Gasteiger partial charge >= 0.3 is 5.97 Å². The number of hydrogen-bond acceptors (Lipinski definition) is 5. The first kappa shape index (κ1) is 21.7. The maximum Gasteiger partial charge on any atom is 0.308 e. The number of fused-ring (bicyclic) bond motifs is 1. The number of para-hydroxylation sites is 2. The predicted molar refractivity (Wildman–Crippen MR) is 126 cm³/mol. The molecule has 1 aliphatic rings. The molecule has 2 heterocycles. The van der Waals surface area contributed by atoms with Crippen LogP contribution in [0.15, 0.2) is 84.0 Å². The lowest BCUT2D eigenvalue weighted by molar-refractivity contribution is -0.141. The molecule has 0 bridgehead atoms. The Morgan fingerprint density at radius 3 is 2.32 bits per heavy atom. The summed E-state index contributed by atoms with van der Waals surface area (Å²) in [6.07, 6.45) is 1.65. The van der Waals surface area contributed by atoms with Gasteiger partial charge in [0, 0.05) is 30.0 Å². The van der Waals surface area contributed by atoms with Gasteiger partial charge in [0.25, 0.3) is 10.0 Å². The number of nitrogens with one attached hydrogen (secondary N) is 1. The second-order valence-corrected chi connectivity index (χ2v) is 9.68. The number of carbonyl (C=O) groups is 2. The number of aromatic nitrogens is 2. The first-order chi connectivity index (χ1) is 16.3. The summed E-state index contributed by atoms with van der Waals surface area (Å²) in [5.74, 6) is -2.08. The van der Waals surface area contributed by atoms with Gasteiger partial charge in [-0.2, -0.15) is 0 Å². The minimum absolute atomic E-state index is 0.0300. The fraction of sp³-hybridized carbons (Fsp3) is 0.125. The van der Waals surface area contributed by atoms with E-state index in [9.17, 15) is 18.0 Å². The highest BCUT2D eigenvalue weighted by atomic mass is 32.2. The molecule has 9 nitrogen and oxygen atoms in total. The van der Waals surface area contributed by atoms with Crippen molar-refractivity contribution in [2.24, 2.45) is 5.92 Å². The minimum Gasteiger partial charge on any atom is -0.481 e. The molecule has 4 aromatic rings. The van der Waals surface area contributed by atoms with Crippen molar-refractivity contribution in [3.63, 3.8) is 0 Å². The fourth-order valence-electron chi connectivity index (χ4n) is 4.00. The van der Waals surface area contributed by atoms with Crippen LogP contribution in [0.2, 0.25) is 0 Å². The van der Waals surface area contributed by atoms with Crippen LogP contribution in [0.3, 0.4) is 0 Å². The van der Waals surface area contributed by atoms with E-state index < -0.39 is 21.9 Å². The maximum atomic E-state index is 12.8. The van der Waals surface area contributed by atoms with Gasteiger partial charge in [-0.25, -0.2) is 13.4 Å². The first-order valence-electron chi connectivity index (χ1n) is 10.5. The van der Waals surface area contributed by atoms with Crippen LogP contribution in [-0.4, -0.2) is 41.5 Å². The Kier molecular flexibility index (Phi) is 5.29. The molecule has 1 aromatic heterocycles. The number of carbonyl (C=O) groups excluding carboxylic acids is 1. The van der Waals surface area contributed by atoms with E-state index in [4.69, 9.17) is 5.11 Å². The van der Waals surface area contributed by atoms with Gasteiger partial charge in [0.15, 0.2) is 0 Å². The van der Waals surface area contributed by atoms with Crippen molar-refractivity contribution in [3.05, 3.63) is 79.1 Å². The van der Waals surface area contributed by atoms with Gasteiger partial charge in [-0.3, -0.25) is 18.9 Å². The number of aliphatic carboxylic acids is 1. The highest BCUT2D eigenvalue weighted by Gasteiger charge is 2.35. The number of carboxylic acids is 1. The van der Waals surface area contributed by atoms with E-state index in [2.05, 4.69) is 9.71 Å². The average molecular weight is 477 g/mol. The Hall–Kier alpha value is -4.18. The van der Waals surface area contributed by atoms with E-state index in [-0.39, 0.29) is 23.8 Å². The molecule has 10 heteroatoms. The molecule has 3 aromatic carbocycles. The third kappa shape index (κ3) is 3.99. The highest BCUT2D eigenvalue weighted by Crippen LogP contribution is 2.27. The van der Waals surface area contributed by atoms with E-state index >= 15 is 0 Å². The molecule has 2 N–H and O–H groups in total. The van der Waals surface area contributed by atoms with Gasteiger partial charge in [-0.1, -0.05) is 12.1 Å². The predicted octanol–water partition coefficient (Wildman–Crippen LogP) is 3.26. The van der Waals surface area contributed by atoms with Gasteiger partial charge in [-0.05, 0) is 60.7 Å². The standard InChI is InChI=1S/C24H20N4O5S/c29-23-13-16(24(30)31)14-27(23)18-9-11-20(12-10-18)34(32,33)26-17-5-7-19(8-6-17)28-15-25-21-3-1-2-4-22(21)28/h1-12,15-16,26H,13-14H2,(H,30,31). The van der Waals surface area contributed by atoms with Crippen LogP contribution in [-0.2, 0) is 19.6 Å². The Labute approximate surface area is 195 Å². The quantitative estimate of drug-likeness (QED) is 0.441. The second-order valence-electron chi connectivity index (χ2n) is 7.99. The molecular formula is C24H20N4O5S. The summed E-state index contributed by atoms with van der Waals surface area (Å²) in [4.78, 5) is 29.0. The summed E-state index contributed by atoms with van der Waals surface area (Å²) in [6.45, 7) is 0.0665. The molecule has 0 aliphatic carbocycles. The Bertz CT molecular complexity index is 1490. The van der Waals surface area contributed by atoms with Crippen molar-refractivity contribution in [1.82, 2.24) is 9.55 Å². The molecule has 1 saturated heterocycles. The maximum absolute atomic E-state index is 12.8. The SMILES string of the molecule is O=C(O)C1CC(=O)N(c2ccc(S(=O)(=O)Nc3ccc(-n4cnc5ccccc54)cc3)cc2)C1. The number of anilines is 2. The normalized spacial score (nSPS) is 16.2. The van der Waals surface area contributed by atoms with Gasteiger partial charge in [0.05, 0.1) is 21.8 Å². The minimum atomic E-state index is -3.86. The van der Waals surface area contributed by atoms with Gasteiger partial charge < -0.3 is 10.0 Å². The lowest BCUT2D eigenvalue weighted by atomic mass is 10.1. The second kappa shape index (κ2) is 8.31. The molecule has 1 unspecified atom stereocenters. The van der Waals surface area contributed by atoms with Crippen LogP contribution in [0.4, 0.5) is 11.4 Å². The lowest BCUT2D eigenvalue weighted by Gasteiger charge is -2.17. The van der Waals surface area contributed by atoms with Crippen molar-refractivity contribution in [2.45, 2.75) is 11.3 Å². The average Bonchev–Trinajstić information content (AvgIpc) is 3.43. The lowest BCUT2D eigenvalue weighted by Crippen LogP contribution is -2.25. The van der Waals surface area contributed by atoms with E-state index in [0.717, 1.165) is 16.7 Å². The van der Waals surface area contributed by atoms with E-state index in [0.29, 0.717) is 11.4 Å². The molecule has 1 atom stereocenters. The van der Waals surface area contributed by atoms with Crippen molar-refractivity contribution in [1.29, 1.82) is 0 Å². The molecule has 172 valence electrons. The van der Waals surface area contributed by atoms with Crippen LogP contribution in [0.1, 0.15) is 6.42 Å². The molecule has 1 fully saturated rings. The van der Waals surface area contributed by atoms with Crippen LogP contribution in [0.5, 0.6) is 0 Å². The molecule has 5 rings (SSSR count). The molecule has 1 amide bonds. The van der Waals surface area contributed by atoms with E-state index in [1.54, 1.807) is 30.6 Å². The number of rotatable bonds is 6. The zero-order valence-electron chi connectivity index (χ0n) is 17.8. The molecule has 34 heavy (non-hydrogen) atoms. The molecule has 0 spiro atoms. The van der Waals surface area contributed by atoms with E-state index in [1.807, 2.05) is 28.8 Å². The summed E-state index contributed by atoms with van der Waals surface area (Å²) in [5, 5.41) is 9.13. The number of hydrogen-bond donors (Lipinski definition) is 2.